The number of benzene rings is 1. The Morgan fingerprint density at radius 2 is 2.32 bits per heavy atom. The normalized spacial score (nSPS) is 10.0. The summed E-state index contributed by atoms with van der Waals surface area (Å²) >= 11 is 1.18. The molecule has 0 saturated heterocycles. The van der Waals surface area contributed by atoms with Gasteiger partial charge in [-0.15, -0.1) is 0 Å². The smallest absolute Gasteiger partial charge is 0.167 e. The van der Waals surface area contributed by atoms with Gasteiger partial charge in [-0.3, -0.25) is 0 Å². The SMILES string of the molecule is CCOc1ccc(Nc2snc(C)c2C#N)cc1F. The lowest BCUT2D eigenvalue weighted by atomic mass is 10.2. The zero-order valence-electron chi connectivity index (χ0n) is 10.5. The third-order valence-electron chi connectivity index (χ3n) is 2.46. The molecule has 0 spiro atoms. The van der Waals surface area contributed by atoms with Crippen LogP contribution in [0, 0.1) is 24.1 Å². The van der Waals surface area contributed by atoms with Crippen LogP contribution in [0.1, 0.15) is 18.2 Å². The Labute approximate surface area is 114 Å². The maximum absolute atomic E-state index is 13.7. The monoisotopic (exact) mass is 277 g/mol. The summed E-state index contributed by atoms with van der Waals surface area (Å²) in [4.78, 5) is 0. The van der Waals surface area contributed by atoms with Crippen LogP contribution < -0.4 is 10.1 Å². The molecular formula is C13H12FN3OS. The van der Waals surface area contributed by atoms with Crippen molar-refractivity contribution in [3.8, 4) is 11.8 Å². The maximum Gasteiger partial charge on any atom is 0.167 e. The molecule has 98 valence electrons. The summed E-state index contributed by atoms with van der Waals surface area (Å²) in [5.74, 6) is -0.222. The predicted octanol–water partition coefficient (Wildman–Crippen LogP) is 3.60. The molecule has 2 aromatic rings. The fraction of sp³-hybridized carbons (Fsp3) is 0.231. The Balaban J connectivity index is 2.24. The molecule has 0 bridgehead atoms. The van der Waals surface area contributed by atoms with E-state index < -0.39 is 5.82 Å². The van der Waals surface area contributed by atoms with Gasteiger partial charge in [0.1, 0.15) is 16.6 Å². The van der Waals surface area contributed by atoms with Crippen molar-refractivity contribution in [1.29, 1.82) is 5.26 Å². The van der Waals surface area contributed by atoms with Crippen molar-refractivity contribution in [2.45, 2.75) is 13.8 Å². The van der Waals surface area contributed by atoms with E-state index in [0.29, 0.717) is 28.6 Å². The minimum absolute atomic E-state index is 0.217. The summed E-state index contributed by atoms with van der Waals surface area (Å²) in [6.45, 7) is 3.97. The number of nitrogens with one attached hydrogen (secondary N) is 1. The topological polar surface area (TPSA) is 57.9 Å². The van der Waals surface area contributed by atoms with Crippen LogP contribution in [0.2, 0.25) is 0 Å². The van der Waals surface area contributed by atoms with Crippen LogP contribution in [0.5, 0.6) is 5.75 Å². The molecule has 0 aliphatic rings. The van der Waals surface area contributed by atoms with Crippen LogP contribution in [0.3, 0.4) is 0 Å². The van der Waals surface area contributed by atoms with Gasteiger partial charge in [-0.25, -0.2) is 4.39 Å². The van der Waals surface area contributed by atoms with E-state index in [1.165, 1.54) is 17.6 Å². The molecule has 0 aliphatic carbocycles. The fourth-order valence-electron chi connectivity index (χ4n) is 1.57. The van der Waals surface area contributed by atoms with E-state index >= 15 is 0 Å². The molecule has 1 aromatic heterocycles. The number of rotatable bonds is 4. The average Bonchev–Trinajstić information content (AvgIpc) is 2.73. The molecule has 19 heavy (non-hydrogen) atoms. The molecule has 0 aliphatic heterocycles. The van der Waals surface area contributed by atoms with Gasteiger partial charge < -0.3 is 10.1 Å². The third kappa shape index (κ3) is 2.83. The maximum atomic E-state index is 13.7. The van der Waals surface area contributed by atoms with Crippen molar-refractivity contribution in [3.05, 3.63) is 35.3 Å². The van der Waals surface area contributed by atoms with Crippen molar-refractivity contribution in [1.82, 2.24) is 4.37 Å². The van der Waals surface area contributed by atoms with Crippen LogP contribution in [-0.2, 0) is 0 Å². The largest absolute Gasteiger partial charge is 0.491 e. The van der Waals surface area contributed by atoms with E-state index in [9.17, 15) is 4.39 Å². The first kappa shape index (κ1) is 13.3. The van der Waals surface area contributed by atoms with Crippen molar-refractivity contribution in [2.75, 3.05) is 11.9 Å². The number of hydrogen-bond acceptors (Lipinski definition) is 5. The highest BCUT2D eigenvalue weighted by molar-refractivity contribution is 7.10. The van der Waals surface area contributed by atoms with Crippen molar-refractivity contribution >= 4 is 22.2 Å². The first-order chi connectivity index (χ1) is 9.15. The summed E-state index contributed by atoms with van der Waals surface area (Å²) < 4.78 is 22.9. The van der Waals surface area contributed by atoms with Crippen LogP contribution in [-0.4, -0.2) is 11.0 Å². The summed E-state index contributed by atoms with van der Waals surface area (Å²) in [5, 5.41) is 12.6. The van der Waals surface area contributed by atoms with Gasteiger partial charge in [0.05, 0.1) is 12.3 Å². The van der Waals surface area contributed by atoms with Crippen LogP contribution in [0.4, 0.5) is 15.1 Å². The first-order valence-electron chi connectivity index (χ1n) is 5.71. The third-order valence-corrected chi connectivity index (χ3v) is 3.32. The molecule has 1 aromatic carbocycles. The molecule has 0 unspecified atom stereocenters. The molecule has 0 atom stereocenters. The van der Waals surface area contributed by atoms with Crippen LogP contribution in [0.15, 0.2) is 18.2 Å². The molecule has 6 heteroatoms. The Kier molecular flexibility index (Phi) is 3.97. The number of anilines is 2. The van der Waals surface area contributed by atoms with Gasteiger partial charge in [0, 0.05) is 11.8 Å². The van der Waals surface area contributed by atoms with E-state index in [1.807, 2.05) is 0 Å². The second kappa shape index (κ2) is 5.67. The van der Waals surface area contributed by atoms with Gasteiger partial charge in [-0.1, -0.05) is 0 Å². The molecule has 0 amide bonds. The lowest BCUT2D eigenvalue weighted by molar-refractivity contribution is 0.321. The van der Waals surface area contributed by atoms with Crippen LogP contribution >= 0.6 is 11.5 Å². The molecule has 4 nitrogen and oxygen atoms in total. The number of aryl methyl sites for hydroxylation is 1. The zero-order valence-corrected chi connectivity index (χ0v) is 11.3. The van der Waals surface area contributed by atoms with E-state index in [4.69, 9.17) is 10.00 Å². The molecule has 0 fully saturated rings. The van der Waals surface area contributed by atoms with Crippen molar-refractivity contribution in [2.24, 2.45) is 0 Å². The molecular weight excluding hydrogens is 265 g/mol. The summed E-state index contributed by atoms with van der Waals surface area (Å²) in [6.07, 6.45) is 0. The Morgan fingerprint density at radius 1 is 1.53 bits per heavy atom. The van der Waals surface area contributed by atoms with Gasteiger partial charge in [-0.05, 0) is 37.5 Å². The quantitative estimate of drug-likeness (QED) is 0.927. The number of aromatic nitrogens is 1. The number of ether oxygens (including phenoxy) is 1. The Morgan fingerprint density at radius 3 is 2.95 bits per heavy atom. The van der Waals surface area contributed by atoms with Gasteiger partial charge in [-0.2, -0.15) is 9.64 Å². The minimum atomic E-state index is -0.438. The standard InChI is InChI=1S/C13H12FN3OS/c1-3-18-12-5-4-9(6-11(12)14)16-13-10(7-15)8(2)17-19-13/h4-6,16H,3H2,1-2H3. The number of hydrogen-bond donors (Lipinski definition) is 1. The highest BCUT2D eigenvalue weighted by atomic mass is 32.1. The molecule has 0 radical (unpaired) electrons. The lowest BCUT2D eigenvalue weighted by Gasteiger charge is -2.07. The summed E-state index contributed by atoms with van der Waals surface area (Å²) in [5.41, 5.74) is 1.71. The molecule has 1 N–H and O–H groups in total. The second-order valence-electron chi connectivity index (χ2n) is 3.79. The van der Waals surface area contributed by atoms with E-state index in [2.05, 4.69) is 15.8 Å². The van der Waals surface area contributed by atoms with Gasteiger partial charge in [0.2, 0.25) is 0 Å². The highest BCUT2D eigenvalue weighted by Crippen LogP contribution is 2.29. The van der Waals surface area contributed by atoms with E-state index in [1.54, 1.807) is 26.0 Å². The summed E-state index contributed by atoms with van der Waals surface area (Å²) in [7, 11) is 0. The number of halogens is 1. The second-order valence-corrected chi connectivity index (χ2v) is 4.56. The predicted molar refractivity (Wildman–Crippen MR) is 72.4 cm³/mol. The number of nitriles is 1. The van der Waals surface area contributed by atoms with Crippen molar-refractivity contribution < 1.29 is 9.13 Å². The molecule has 1 heterocycles. The fourth-order valence-corrected chi connectivity index (χ4v) is 2.34. The summed E-state index contributed by atoms with van der Waals surface area (Å²) in [6, 6.07) is 6.67. The Hall–Kier alpha value is -2.13. The van der Waals surface area contributed by atoms with E-state index in [-0.39, 0.29) is 5.75 Å². The van der Waals surface area contributed by atoms with Gasteiger partial charge in [0.25, 0.3) is 0 Å². The zero-order chi connectivity index (χ0) is 13.8. The molecule has 2 rings (SSSR count). The number of nitrogens with zero attached hydrogens (tertiary/aromatic N) is 2. The Bertz CT molecular complexity index is 633. The first-order valence-corrected chi connectivity index (χ1v) is 6.48. The van der Waals surface area contributed by atoms with Gasteiger partial charge >= 0.3 is 0 Å². The van der Waals surface area contributed by atoms with Gasteiger partial charge in [0.15, 0.2) is 11.6 Å². The van der Waals surface area contributed by atoms with Crippen molar-refractivity contribution in [3.63, 3.8) is 0 Å². The molecule has 0 saturated carbocycles. The average molecular weight is 277 g/mol. The minimum Gasteiger partial charge on any atom is -0.491 e. The lowest BCUT2D eigenvalue weighted by Crippen LogP contribution is -1.96. The highest BCUT2D eigenvalue weighted by Gasteiger charge is 2.11. The van der Waals surface area contributed by atoms with E-state index in [0.717, 1.165) is 0 Å². The van der Waals surface area contributed by atoms with Crippen LogP contribution in [0.25, 0.3) is 0 Å².